The van der Waals surface area contributed by atoms with Gasteiger partial charge in [0, 0.05) is 16.4 Å². The van der Waals surface area contributed by atoms with Crippen LogP contribution < -0.4 is 5.32 Å². The van der Waals surface area contributed by atoms with Crippen LogP contribution in [0.5, 0.6) is 0 Å². The highest BCUT2D eigenvalue weighted by molar-refractivity contribution is 6.30. The van der Waals surface area contributed by atoms with E-state index >= 15 is 0 Å². The average molecular weight is 246 g/mol. The van der Waals surface area contributed by atoms with Gasteiger partial charge in [-0.05, 0) is 36.2 Å². The van der Waals surface area contributed by atoms with Crippen LogP contribution >= 0.6 is 11.6 Å². The van der Waals surface area contributed by atoms with E-state index in [-0.39, 0.29) is 0 Å². The maximum atomic E-state index is 6.04. The van der Waals surface area contributed by atoms with E-state index in [4.69, 9.17) is 11.6 Å². The van der Waals surface area contributed by atoms with Gasteiger partial charge in [0.2, 0.25) is 0 Å². The molecule has 17 heavy (non-hydrogen) atoms. The van der Waals surface area contributed by atoms with Crippen molar-refractivity contribution in [1.29, 1.82) is 0 Å². The molecular weight excluding hydrogens is 230 g/mol. The van der Waals surface area contributed by atoms with Crippen molar-refractivity contribution < 1.29 is 0 Å². The monoisotopic (exact) mass is 245 g/mol. The summed E-state index contributed by atoms with van der Waals surface area (Å²) < 4.78 is 0. The Bertz CT molecular complexity index is 480. The van der Waals surface area contributed by atoms with E-state index in [2.05, 4.69) is 30.4 Å². The zero-order chi connectivity index (χ0) is 12.1. The zero-order valence-electron chi connectivity index (χ0n) is 9.91. The van der Waals surface area contributed by atoms with Gasteiger partial charge in [0.15, 0.2) is 0 Å². The Morgan fingerprint density at radius 3 is 2.53 bits per heavy atom. The molecule has 0 aliphatic rings. The summed E-state index contributed by atoms with van der Waals surface area (Å²) in [6, 6.07) is 16.2. The number of aryl methyl sites for hydroxylation is 1. The van der Waals surface area contributed by atoms with Gasteiger partial charge in [-0.25, -0.2) is 0 Å². The van der Waals surface area contributed by atoms with Gasteiger partial charge >= 0.3 is 0 Å². The first-order chi connectivity index (χ1) is 8.29. The van der Waals surface area contributed by atoms with Crippen LogP contribution in [-0.4, -0.2) is 0 Å². The Hall–Kier alpha value is -1.47. The summed E-state index contributed by atoms with van der Waals surface area (Å²) in [7, 11) is 0. The highest BCUT2D eigenvalue weighted by Gasteiger charge is 2.03. The number of benzene rings is 2. The zero-order valence-corrected chi connectivity index (χ0v) is 10.7. The topological polar surface area (TPSA) is 12.0 Å². The average Bonchev–Trinajstić information content (AvgIpc) is 2.34. The molecule has 0 atom stereocenters. The number of nitrogens with one attached hydrogen (secondary N) is 1. The van der Waals surface area contributed by atoms with E-state index in [1.807, 2.05) is 30.3 Å². The molecule has 0 fully saturated rings. The van der Waals surface area contributed by atoms with E-state index in [9.17, 15) is 0 Å². The lowest BCUT2D eigenvalue weighted by Crippen LogP contribution is -1.95. The van der Waals surface area contributed by atoms with Gasteiger partial charge in [-0.1, -0.05) is 49.2 Å². The predicted molar refractivity (Wildman–Crippen MR) is 75.2 cm³/mol. The van der Waals surface area contributed by atoms with E-state index in [0.717, 1.165) is 29.2 Å². The van der Waals surface area contributed by atoms with Gasteiger partial charge in [0.25, 0.3) is 0 Å². The maximum absolute atomic E-state index is 6.04. The number of hydrogen-bond acceptors (Lipinski definition) is 1. The summed E-state index contributed by atoms with van der Waals surface area (Å²) in [6.07, 6.45) is 2.19. The normalized spacial score (nSPS) is 10.2. The third kappa shape index (κ3) is 3.24. The summed E-state index contributed by atoms with van der Waals surface area (Å²) >= 11 is 6.04. The number of rotatable bonds is 4. The molecule has 2 aromatic rings. The predicted octanol–water partition coefficient (Wildman–Crippen LogP) is 5.04. The lowest BCUT2D eigenvalue weighted by molar-refractivity contribution is 0.923. The Morgan fingerprint density at radius 1 is 1.06 bits per heavy atom. The molecule has 0 heterocycles. The largest absolute Gasteiger partial charge is 0.355 e. The lowest BCUT2D eigenvalue weighted by atomic mass is 10.1. The van der Waals surface area contributed by atoms with Crippen molar-refractivity contribution in [3.63, 3.8) is 0 Å². The molecule has 2 heteroatoms. The first-order valence-corrected chi connectivity index (χ1v) is 6.28. The second-order valence-corrected chi connectivity index (χ2v) is 4.48. The number of para-hydroxylation sites is 1. The fourth-order valence-corrected chi connectivity index (χ4v) is 2.00. The molecule has 0 saturated carbocycles. The van der Waals surface area contributed by atoms with Gasteiger partial charge in [-0.15, -0.1) is 0 Å². The first-order valence-electron chi connectivity index (χ1n) is 5.90. The van der Waals surface area contributed by atoms with Crippen molar-refractivity contribution in [3.05, 3.63) is 59.1 Å². The van der Waals surface area contributed by atoms with Gasteiger partial charge in [-0.2, -0.15) is 0 Å². The summed E-state index contributed by atoms with van der Waals surface area (Å²) in [5.74, 6) is 0. The minimum absolute atomic E-state index is 0.767. The summed E-state index contributed by atoms with van der Waals surface area (Å²) in [4.78, 5) is 0. The maximum Gasteiger partial charge on any atom is 0.0431 e. The van der Waals surface area contributed by atoms with Crippen LogP contribution in [0.2, 0.25) is 5.02 Å². The molecule has 0 radical (unpaired) electrons. The molecule has 0 aromatic heterocycles. The molecule has 0 aliphatic heterocycles. The van der Waals surface area contributed by atoms with Gasteiger partial charge < -0.3 is 5.32 Å². The van der Waals surface area contributed by atoms with Crippen LogP contribution in [-0.2, 0) is 6.42 Å². The summed E-state index contributed by atoms with van der Waals surface area (Å²) in [5.41, 5.74) is 3.50. The van der Waals surface area contributed by atoms with Crippen LogP contribution in [0.25, 0.3) is 0 Å². The van der Waals surface area contributed by atoms with Crippen molar-refractivity contribution >= 4 is 23.0 Å². The molecule has 1 nitrogen and oxygen atoms in total. The standard InChI is InChI=1S/C15H16ClN/c1-2-6-12-9-10-13(16)11-15(12)17-14-7-4-3-5-8-14/h3-5,7-11,17H,2,6H2,1H3. The summed E-state index contributed by atoms with van der Waals surface area (Å²) in [5, 5.41) is 4.18. The highest BCUT2D eigenvalue weighted by atomic mass is 35.5. The van der Waals surface area contributed by atoms with Gasteiger partial charge in [0.05, 0.1) is 0 Å². The van der Waals surface area contributed by atoms with E-state index < -0.39 is 0 Å². The van der Waals surface area contributed by atoms with Crippen LogP contribution in [0, 0.1) is 0 Å². The van der Waals surface area contributed by atoms with Crippen molar-refractivity contribution in [3.8, 4) is 0 Å². The quantitative estimate of drug-likeness (QED) is 0.796. The number of anilines is 2. The van der Waals surface area contributed by atoms with E-state index in [1.165, 1.54) is 5.56 Å². The molecule has 88 valence electrons. The Morgan fingerprint density at radius 2 is 1.82 bits per heavy atom. The van der Waals surface area contributed by atoms with Crippen LogP contribution in [0.15, 0.2) is 48.5 Å². The molecule has 0 unspecified atom stereocenters. The first kappa shape index (κ1) is 12.0. The molecular formula is C15H16ClN. The number of halogens is 1. The molecule has 0 saturated heterocycles. The van der Waals surface area contributed by atoms with Gasteiger partial charge in [-0.3, -0.25) is 0 Å². The third-order valence-electron chi connectivity index (χ3n) is 2.64. The smallest absolute Gasteiger partial charge is 0.0431 e. The fraction of sp³-hybridized carbons (Fsp3) is 0.200. The number of hydrogen-bond donors (Lipinski definition) is 1. The Labute approximate surface area is 107 Å². The van der Waals surface area contributed by atoms with Crippen molar-refractivity contribution in [2.45, 2.75) is 19.8 Å². The molecule has 0 spiro atoms. The molecule has 2 aromatic carbocycles. The minimum atomic E-state index is 0.767. The van der Waals surface area contributed by atoms with Crippen LogP contribution in [0.3, 0.4) is 0 Å². The molecule has 1 N–H and O–H groups in total. The SMILES string of the molecule is CCCc1ccc(Cl)cc1Nc1ccccc1. The second-order valence-electron chi connectivity index (χ2n) is 4.04. The molecule has 0 aliphatic carbocycles. The minimum Gasteiger partial charge on any atom is -0.355 e. The van der Waals surface area contributed by atoms with Crippen molar-refractivity contribution in [2.75, 3.05) is 5.32 Å². The fourth-order valence-electron chi connectivity index (χ4n) is 1.83. The lowest BCUT2D eigenvalue weighted by Gasteiger charge is -2.12. The Balaban J connectivity index is 2.27. The summed E-state index contributed by atoms with van der Waals surface area (Å²) in [6.45, 7) is 2.18. The molecule has 0 bridgehead atoms. The van der Waals surface area contributed by atoms with Crippen molar-refractivity contribution in [1.82, 2.24) is 0 Å². The third-order valence-corrected chi connectivity index (χ3v) is 2.88. The highest BCUT2D eigenvalue weighted by Crippen LogP contribution is 2.25. The van der Waals surface area contributed by atoms with E-state index in [1.54, 1.807) is 0 Å². The Kier molecular flexibility index (Phi) is 4.05. The van der Waals surface area contributed by atoms with E-state index in [0.29, 0.717) is 0 Å². The van der Waals surface area contributed by atoms with Gasteiger partial charge in [0.1, 0.15) is 0 Å². The van der Waals surface area contributed by atoms with Crippen LogP contribution in [0.4, 0.5) is 11.4 Å². The molecule has 2 rings (SSSR count). The van der Waals surface area contributed by atoms with Crippen LogP contribution in [0.1, 0.15) is 18.9 Å². The molecule has 0 amide bonds. The second kappa shape index (κ2) is 5.74. The van der Waals surface area contributed by atoms with Crippen molar-refractivity contribution in [2.24, 2.45) is 0 Å².